The molecule has 0 aliphatic heterocycles. The maximum atomic E-state index is 12.7. The summed E-state index contributed by atoms with van der Waals surface area (Å²) < 4.78 is 12.7. The van der Waals surface area contributed by atoms with Crippen LogP contribution in [0.3, 0.4) is 0 Å². The van der Waals surface area contributed by atoms with Gasteiger partial charge in [-0.1, -0.05) is 0 Å². The number of benzene rings is 1. The van der Waals surface area contributed by atoms with Crippen LogP contribution < -0.4 is 5.73 Å². The lowest BCUT2D eigenvalue weighted by molar-refractivity contribution is 0.628. The predicted octanol–water partition coefficient (Wildman–Crippen LogP) is 1.50. The van der Waals surface area contributed by atoms with Crippen molar-refractivity contribution in [2.45, 2.75) is 6.92 Å². The first-order chi connectivity index (χ1) is 6.66. The average Bonchev–Trinajstić information content (AvgIpc) is 2.51. The number of nitrogens with zero attached hydrogens (tertiary/aromatic N) is 2. The molecule has 0 radical (unpaired) electrons. The minimum absolute atomic E-state index is 0.337. The van der Waals surface area contributed by atoms with E-state index in [2.05, 4.69) is 15.2 Å². The number of hydrogen-bond donors (Lipinski definition) is 2. The van der Waals surface area contributed by atoms with E-state index in [1.807, 2.05) is 0 Å². The fraction of sp³-hybridized carbons (Fsp3) is 0.111. The first-order valence-electron chi connectivity index (χ1n) is 4.11. The third-order valence-electron chi connectivity index (χ3n) is 1.85. The van der Waals surface area contributed by atoms with Gasteiger partial charge in [0.2, 0.25) is 0 Å². The molecule has 0 amide bonds. The second-order valence-electron chi connectivity index (χ2n) is 2.98. The summed E-state index contributed by atoms with van der Waals surface area (Å²) in [5.41, 5.74) is 6.60. The summed E-state index contributed by atoms with van der Waals surface area (Å²) in [6, 6.07) is 4.14. The van der Waals surface area contributed by atoms with Gasteiger partial charge in [0, 0.05) is 11.3 Å². The van der Waals surface area contributed by atoms with Crippen molar-refractivity contribution in [2.75, 3.05) is 5.73 Å². The summed E-state index contributed by atoms with van der Waals surface area (Å²) in [7, 11) is 0. The number of aromatic nitrogens is 3. The maximum absolute atomic E-state index is 12.7. The third kappa shape index (κ3) is 1.44. The van der Waals surface area contributed by atoms with Crippen molar-refractivity contribution in [2.24, 2.45) is 0 Å². The molecule has 0 saturated carbocycles. The van der Waals surface area contributed by atoms with Crippen molar-refractivity contribution < 1.29 is 4.39 Å². The highest BCUT2D eigenvalue weighted by Gasteiger charge is 2.07. The molecule has 0 saturated heterocycles. The lowest BCUT2D eigenvalue weighted by Crippen LogP contribution is -1.92. The maximum Gasteiger partial charge on any atom is 0.183 e. The molecule has 2 rings (SSSR count). The molecular weight excluding hydrogens is 183 g/mol. The molecule has 2 aromatic rings. The van der Waals surface area contributed by atoms with Gasteiger partial charge in [0.15, 0.2) is 5.82 Å². The van der Waals surface area contributed by atoms with E-state index in [0.29, 0.717) is 22.9 Å². The molecule has 72 valence electrons. The van der Waals surface area contributed by atoms with Crippen molar-refractivity contribution in [3.8, 4) is 11.4 Å². The molecule has 0 unspecified atom stereocenters. The van der Waals surface area contributed by atoms with Gasteiger partial charge in [-0.05, 0) is 25.1 Å². The van der Waals surface area contributed by atoms with E-state index in [9.17, 15) is 4.39 Å². The number of nitrogen functional groups attached to an aromatic ring is 1. The standard InChI is InChI=1S/C9H9FN4/c1-5-12-9(14-13-5)7-3-2-6(10)4-8(7)11/h2-4H,11H2,1H3,(H,12,13,14). The lowest BCUT2D eigenvalue weighted by atomic mass is 10.1. The number of nitrogens with two attached hydrogens (primary N) is 1. The molecule has 3 N–H and O–H groups in total. The van der Waals surface area contributed by atoms with Crippen LogP contribution in [-0.2, 0) is 0 Å². The minimum Gasteiger partial charge on any atom is -0.398 e. The van der Waals surface area contributed by atoms with Crippen LogP contribution >= 0.6 is 0 Å². The molecule has 14 heavy (non-hydrogen) atoms. The molecule has 0 fully saturated rings. The Balaban J connectivity index is 2.52. The number of aromatic amines is 1. The zero-order valence-electron chi connectivity index (χ0n) is 7.58. The third-order valence-corrected chi connectivity index (χ3v) is 1.85. The van der Waals surface area contributed by atoms with Crippen LogP contribution in [0, 0.1) is 12.7 Å². The molecule has 0 bridgehead atoms. The van der Waals surface area contributed by atoms with Gasteiger partial charge in [0.1, 0.15) is 11.6 Å². The molecular formula is C9H9FN4. The molecule has 5 heteroatoms. The van der Waals surface area contributed by atoms with E-state index < -0.39 is 0 Å². The highest BCUT2D eigenvalue weighted by Crippen LogP contribution is 2.22. The van der Waals surface area contributed by atoms with E-state index in [-0.39, 0.29) is 5.82 Å². The Bertz CT molecular complexity index is 464. The Morgan fingerprint density at radius 3 is 2.79 bits per heavy atom. The van der Waals surface area contributed by atoms with Gasteiger partial charge >= 0.3 is 0 Å². The first-order valence-corrected chi connectivity index (χ1v) is 4.11. The smallest absolute Gasteiger partial charge is 0.183 e. The molecule has 0 spiro atoms. The molecule has 1 heterocycles. The Morgan fingerprint density at radius 2 is 2.21 bits per heavy atom. The van der Waals surface area contributed by atoms with Gasteiger partial charge in [-0.2, -0.15) is 5.10 Å². The van der Waals surface area contributed by atoms with Gasteiger partial charge in [-0.25, -0.2) is 9.37 Å². The summed E-state index contributed by atoms with van der Waals surface area (Å²) in [5, 5.41) is 6.64. The summed E-state index contributed by atoms with van der Waals surface area (Å²) in [6.07, 6.45) is 0. The Kier molecular flexibility index (Phi) is 1.92. The Labute approximate surface area is 80.0 Å². The number of halogens is 1. The van der Waals surface area contributed by atoms with Gasteiger partial charge < -0.3 is 5.73 Å². The number of hydrogen-bond acceptors (Lipinski definition) is 3. The average molecular weight is 192 g/mol. The van der Waals surface area contributed by atoms with Crippen LogP contribution in [0.2, 0.25) is 0 Å². The number of H-pyrrole nitrogens is 1. The fourth-order valence-corrected chi connectivity index (χ4v) is 1.20. The van der Waals surface area contributed by atoms with Crippen molar-refractivity contribution in [1.82, 2.24) is 15.2 Å². The lowest BCUT2D eigenvalue weighted by Gasteiger charge is -2.00. The molecule has 0 aliphatic rings. The molecule has 0 atom stereocenters. The van der Waals surface area contributed by atoms with Gasteiger partial charge in [-0.15, -0.1) is 0 Å². The van der Waals surface area contributed by atoms with Crippen LogP contribution in [0.5, 0.6) is 0 Å². The van der Waals surface area contributed by atoms with E-state index >= 15 is 0 Å². The van der Waals surface area contributed by atoms with Crippen LogP contribution in [0.1, 0.15) is 5.82 Å². The molecule has 1 aromatic heterocycles. The van der Waals surface area contributed by atoms with Gasteiger partial charge in [-0.3, -0.25) is 5.10 Å². The van der Waals surface area contributed by atoms with Crippen LogP contribution in [0.25, 0.3) is 11.4 Å². The number of nitrogens with one attached hydrogen (secondary N) is 1. The summed E-state index contributed by atoms with van der Waals surface area (Å²) in [5.74, 6) is 0.822. The minimum atomic E-state index is -0.362. The number of rotatable bonds is 1. The number of aryl methyl sites for hydroxylation is 1. The van der Waals surface area contributed by atoms with Crippen molar-refractivity contribution in [3.05, 3.63) is 29.8 Å². The number of anilines is 1. The predicted molar refractivity (Wildman–Crippen MR) is 50.9 cm³/mol. The van der Waals surface area contributed by atoms with Gasteiger partial charge in [0.05, 0.1) is 0 Å². The monoisotopic (exact) mass is 192 g/mol. The summed E-state index contributed by atoms with van der Waals surface area (Å²) in [6.45, 7) is 1.79. The Morgan fingerprint density at radius 1 is 1.43 bits per heavy atom. The van der Waals surface area contributed by atoms with Gasteiger partial charge in [0.25, 0.3) is 0 Å². The second-order valence-corrected chi connectivity index (χ2v) is 2.98. The molecule has 4 nitrogen and oxygen atoms in total. The van der Waals surface area contributed by atoms with Crippen LogP contribution in [0.4, 0.5) is 10.1 Å². The topological polar surface area (TPSA) is 67.6 Å². The largest absolute Gasteiger partial charge is 0.398 e. The second kappa shape index (κ2) is 3.10. The normalized spacial score (nSPS) is 10.4. The molecule has 1 aromatic carbocycles. The van der Waals surface area contributed by atoms with Crippen LogP contribution in [-0.4, -0.2) is 15.2 Å². The van der Waals surface area contributed by atoms with Crippen molar-refractivity contribution in [1.29, 1.82) is 0 Å². The van der Waals surface area contributed by atoms with E-state index in [1.165, 1.54) is 12.1 Å². The highest BCUT2D eigenvalue weighted by molar-refractivity contribution is 5.71. The fourth-order valence-electron chi connectivity index (χ4n) is 1.20. The SMILES string of the molecule is Cc1nc(-c2ccc(F)cc2N)n[nH]1. The zero-order chi connectivity index (χ0) is 10.1. The van der Waals surface area contributed by atoms with Crippen LogP contribution in [0.15, 0.2) is 18.2 Å². The summed E-state index contributed by atoms with van der Waals surface area (Å²) in [4.78, 5) is 4.10. The van der Waals surface area contributed by atoms with E-state index in [4.69, 9.17) is 5.73 Å². The van der Waals surface area contributed by atoms with Crippen molar-refractivity contribution >= 4 is 5.69 Å². The Hall–Kier alpha value is -1.91. The molecule has 0 aliphatic carbocycles. The van der Waals surface area contributed by atoms with Crippen molar-refractivity contribution in [3.63, 3.8) is 0 Å². The van der Waals surface area contributed by atoms with E-state index in [1.54, 1.807) is 13.0 Å². The first kappa shape index (κ1) is 8.68. The highest BCUT2D eigenvalue weighted by atomic mass is 19.1. The quantitative estimate of drug-likeness (QED) is 0.673. The van der Waals surface area contributed by atoms with E-state index in [0.717, 1.165) is 0 Å². The zero-order valence-corrected chi connectivity index (χ0v) is 7.58. The summed E-state index contributed by atoms with van der Waals surface area (Å²) >= 11 is 0.